The fourth-order valence-corrected chi connectivity index (χ4v) is 2.13. The van der Waals surface area contributed by atoms with E-state index < -0.39 is 0 Å². The molecule has 3 nitrogen and oxygen atoms in total. The molecule has 3 aliphatic rings. The number of carbonyl (C=O) groups is 1. The molecule has 2 saturated heterocycles. The Hall–Kier alpha value is -0.570. The van der Waals surface area contributed by atoms with Crippen LogP contribution in [0.2, 0.25) is 0 Å². The van der Waals surface area contributed by atoms with E-state index in [-0.39, 0.29) is 12.1 Å². The Morgan fingerprint density at radius 2 is 2.30 bits per heavy atom. The zero-order chi connectivity index (χ0) is 6.72. The molecule has 3 heteroatoms. The zero-order valence-electron chi connectivity index (χ0n) is 5.45. The smallest absolute Gasteiger partial charge is 0.306 e. The summed E-state index contributed by atoms with van der Waals surface area (Å²) in [7, 11) is 0. The molecule has 0 aromatic carbocycles. The predicted octanol–water partition coefficient (Wildman–Crippen LogP) is 0.0892. The summed E-state index contributed by atoms with van der Waals surface area (Å²) in [5, 5.41) is 0. The lowest BCUT2D eigenvalue weighted by Gasteiger charge is -2.07. The van der Waals surface area contributed by atoms with Crippen molar-refractivity contribution in [1.82, 2.24) is 0 Å². The summed E-state index contributed by atoms with van der Waals surface area (Å²) in [6.45, 7) is 0. The van der Waals surface area contributed by atoms with Crippen molar-refractivity contribution in [3.05, 3.63) is 0 Å². The van der Waals surface area contributed by atoms with Gasteiger partial charge >= 0.3 is 5.97 Å². The number of ether oxygens (including phenoxy) is 2. The Labute approximate surface area is 58.3 Å². The first-order valence-corrected chi connectivity index (χ1v) is 3.69. The van der Waals surface area contributed by atoms with Crippen LogP contribution in [0.25, 0.3) is 0 Å². The van der Waals surface area contributed by atoms with Gasteiger partial charge in [-0.3, -0.25) is 4.79 Å². The van der Waals surface area contributed by atoms with Crippen LogP contribution in [0.4, 0.5) is 0 Å². The molecule has 1 aliphatic carbocycles. The van der Waals surface area contributed by atoms with Crippen LogP contribution >= 0.6 is 0 Å². The molecule has 0 aromatic heterocycles. The molecule has 0 N–H and O–H groups in total. The monoisotopic (exact) mass is 140 g/mol. The van der Waals surface area contributed by atoms with Gasteiger partial charge in [-0.15, -0.1) is 0 Å². The third kappa shape index (κ3) is 0.475. The number of fused-ring (bicyclic) bond motifs is 3. The van der Waals surface area contributed by atoms with Crippen molar-refractivity contribution in [3.63, 3.8) is 0 Å². The summed E-state index contributed by atoms with van der Waals surface area (Å²) in [6, 6.07) is 0. The van der Waals surface area contributed by atoms with E-state index in [2.05, 4.69) is 0 Å². The molecule has 0 bridgehead atoms. The minimum absolute atomic E-state index is 0.0380. The normalized spacial score (nSPS) is 55.8. The van der Waals surface area contributed by atoms with Gasteiger partial charge in [-0.2, -0.15) is 0 Å². The van der Waals surface area contributed by atoms with E-state index >= 15 is 0 Å². The average Bonchev–Trinajstić information content (AvgIpc) is 2.40. The Morgan fingerprint density at radius 3 is 3.10 bits per heavy atom. The van der Waals surface area contributed by atoms with Crippen molar-refractivity contribution in [2.75, 3.05) is 0 Å². The maximum absolute atomic E-state index is 10.7. The van der Waals surface area contributed by atoms with Crippen molar-refractivity contribution >= 4 is 5.97 Å². The van der Waals surface area contributed by atoms with Gasteiger partial charge in [0.25, 0.3) is 0 Å². The lowest BCUT2D eigenvalue weighted by molar-refractivity contribution is -0.141. The van der Waals surface area contributed by atoms with Crippen LogP contribution in [0.5, 0.6) is 0 Å². The molecule has 0 unspecified atom stereocenters. The van der Waals surface area contributed by atoms with Gasteiger partial charge in [0.1, 0.15) is 6.10 Å². The van der Waals surface area contributed by atoms with E-state index in [4.69, 9.17) is 9.47 Å². The lowest BCUT2D eigenvalue weighted by Crippen LogP contribution is -2.14. The van der Waals surface area contributed by atoms with Crippen LogP contribution < -0.4 is 0 Å². The molecule has 3 rings (SSSR count). The van der Waals surface area contributed by atoms with Crippen molar-refractivity contribution in [3.8, 4) is 0 Å². The number of rotatable bonds is 0. The van der Waals surface area contributed by atoms with Gasteiger partial charge in [0.2, 0.25) is 0 Å². The summed E-state index contributed by atoms with van der Waals surface area (Å²) in [6.07, 6.45) is 2.54. The molecule has 4 atom stereocenters. The molecule has 2 heterocycles. The number of carbonyl (C=O) groups excluding carboxylic acids is 1. The second kappa shape index (κ2) is 1.37. The molecule has 0 spiro atoms. The fourth-order valence-electron chi connectivity index (χ4n) is 2.13. The topological polar surface area (TPSA) is 38.8 Å². The summed E-state index contributed by atoms with van der Waals surface area (Å²) >= 11 is 0. The van der Waals surface area contributed by atoms with Crippen LogP contribution in [0, 0.1) is 5.92 Å². The van der Waals surface area contributed by atoms with E-state index in [1.54, 1.807) is 0 Å². The number of esters is 1. The van der Waals surface area contributed by atoms with Gasteiger partial charge in [0.05, 0.1) is 18.6 Å². The Bertz CT molecular complexity index is 201. The van der Waals surface area contributed by atoms with E-state index in [0.717, 1.165) is 6.42 Å². The van der Waals surface area contributed by atoms with Crippen molar-refractivity contribution in [1.29, 1.82) is 0 Å². The molecule has 2 aliphatic heterocycles. The molecule has 0 radical (unpaired) electrons. The quantitative estimate of drug-likeness (QED) is 0.353. The fraction of sp³-hybridized carbons (Fsp3) is 0.857. The minimum Gasteiger partial charge on any atom is -0.462 e. The molecule has 0 aromatic rings. The van der Waals surface area contributed by atoms with E-state index in [9.17, 15) is 4.79 Å². The standard InChI is InChI=1S/C7H8O3/c8-6-1-3-4(9-6)2-5-7(3)10-5/h3-5,7H,1-2H2/t3-,4-,5+,7-/m0/s1. The Morgan fingerprint density at radius 1 is 1.40 bits per heavy atom. The van der Waals surface area contributed by atoms with Crippen LogP contribution in [-0.4, -0.2) is 24.3 Å². The number of hydrogen-bond donors (Lipinski definition) is 0. The molecular formula is C7H8O3. The van der Waals surface area contributed by atoms with Gasteiger partial charge in [-0.1, -0.05) is 0 Å². The highest BCUT2D eigenvalue weighted by atomic mass is 16.6. The molecule has 3 fully saturated rings. The largest absolute Gasteiger partial charge is 0.462 e. The first-order valence-electron chi connectivity index (χ1n) is 3.69. The molecule has 1 saturated carbocycles. The van der Waals surface area contributed by atoms with Crippen LogP contribution in [0.3, 0.4) is 0 Å². The number of hydrogen-bond acceptors (Lipinski definition) is 3. The molecular weight excluding hydrogens is 132 g/mol. The Kier molecular flexibility index (Phi) is 0.703. The Balaban J connectivity index is 1.88. The molecule has 0 amide bonds. The van der Waals surface area contributed by atoms with E-state index in [0.29, 0.717) is 24.5 Å². The van der Waals surface area contributed by atoms with Crippen LogP contribution in [-0.2, 0) is 14.3 Å². The van der Waals surface area contributed by atoms with Gasteiger partial charge in [0.15, 0.2) is 0 Å². The van der Waals surface area contributed by atoms with Crippen molar-refractivity contribution < 1.29 is 14.3 Å². The summed E-state index contributed by atoms with van der Waals surface area (Å²) < 4.78 is 10.3. The SMILES string of the molecule is O=C1C[C@@H]2[C@@H]3O[C@@H]3C[C@@H]2O1. The molecule has 54 valence electrons. The summed E-state index contributed by atoms with van der Waals surface area (Å²) in [4.78, 5) is 10.7. The van der Waals surface area contributed by atoms with E-state index in [1.165, 1.54) is 0 Å². The summed E-state index contributed by atoms with van der Waals surface area (Å²) in [5.41, 5.74) is 0. The van der Waals surface area contributed by atoms with E-state index in [1.807, 2.05) is 0 Å². The third-order valence-corrected chi connectivity index (χ3v) is 2.67. The number of epoxide rings is 1. The maximum Gasteiger partial charge on any atom is 0.306 e. The first kappa shape index (κ1) is 5.13. The second-order valence-corrected chi connectivity index (χ2v) is 3.27. The second-order valence-electron chi connectivity index (χ2n) is 3.27. The minimum atomic E-state index is -0.0380. The highest BCUT2D eigenvalue weighted by Crippen LogP contribution is 2.48. The average molecular weight is 140 g/mol. The maximum atomic E-state index is 10.7. The predicted molar refractivity (Wildman–Crippen MR) is 31.3 cm³/mol. The van der Waals surface area contributed by atoms with Crippen molar-refractivity contribution in [2.45, 2.75) is 31.2 Å². The van der Waals surface area contributed by atoms with Gasteiger partial charge < -0.3 is 9.47 Å². The van der Waals surface area contributed by atoms with Gasteiger partial charge in [0, 0.05) is 12.3 Å². The first-order chi connectivity index (χ1) is 4.84. The third-order valence-electron chi connectivity index (χ3n) is 2.67. The van der Waals surface area contributed by atoms with Gasteiger partial charge in [-0.25, -0.2) is 0 Å². The van der Waals surface area contributed by atoms with Crippen molar-refractivity contribution in [2.24, 2.45) is 5.92 Å². The lowest BCUT2D eigenvalue weighted by atomic mass is 10.0. The van der Waals surface area contributed by atoms with Gasteiger partial charge in [-0.05, 0) is 0 Å². The molecule has 10 heavy (non-hydrogen) atoms. The highest BCUT2D eigenvalue weighted by molar-refractivity contribution is 5.72. The van der Waals surface area contributed by atoms with Crippen LogP contribution in [0.15, 0.2) is 0 Å². The zero-order valence-corrected chi connectivity index (χ0v) is 5.45. The highest BCUT2D eigenvalue weighted by Gasteiger charge is 2.60. The van der Waals surface area contributed by atoms with Crippen LogP contribution in [0.1, 0.15) is 12.8 Å². The summed E-state index contributed by atoms with van der Waals surface area (Å²) in [5.74, 6) is 0.362.